The Hall–Kier alpha value is -3.09. The molecule has 7 heteroatoms. The molecule has 0 aliphatic carbocycles. The Morgan fingerprint density at radius 2 is 1.96 bits per heavy atom. The molecule has 120 valence electrons. The largest absolute Gasteiger partial charge is 0.496 e. The number of nitrogens with zero attached hydrogens (tertiary/aromatic N) is 2. The van der Waals surface area contributed by atoms with Crippen LogP contribution in [0.2, 0.25) is 0 Å². The highest BCUT2D eigenvalue weighted by atomic mass is 16.6. The first-order valence-corrected chi connectivity index (χ1v) is 6.83. The molecule has 0 fully saturated rings. The Balaban J connectivity index is 2.30. The van der Waals surface area contributed by atoms with Crippen LogP contribution < -0.4 is 15.0 Å². The third kappa shape index (κ3) is 3.76. The second kappa shape index (κ2) is 6.78. The van der Waals surface area contributed by atoms with Crippen molar-refractivity contribution in [2.24, 2.45) is 0 Å². The summed E-state index contributed by atoms with van der Waals surface area (Å²) in [5.74, 6) is -0.0636. The van der Waals surface area contributed by atoms with Crippen molar-refractivity contribution in [3.8, 4) is 5.75 Å². The van der Waals surface area contributed by atoms with E-state index in [1.807, 2.05) is 25.1 Å². The molecule has 7 nitrogen and oxygen atoms in total. The second-order valence-corrected chi connectivity index (χ2v) is 5.04. The summed E-state index contributed by atoms with van der Waals surface area (Å²) in [6.45, 7) is 0. The molecule has 0 saturated carbocycles. The monoisotopic (exact) mass is 315 g/mol. The van der Waals surface area contributed by atoms with Crippen LogP contribution in [0.4, 0.5) is 17.1 Å². The van der Waals surface area contributed by atoms with Crippen LogP contribution in [0.3, 0.4) is 0 Å². The van der Waals surface area contributed by atoms with Gasteiger partial charge in [0.05, 0.1) is 18.1 Å². The van der Waals surface area contributed by atoms with E-state index in [0.717, 1.165) is 5.69 Å². The van der Waals surface area contributed by atoms with Crippen molar-refractivity contribution in [1.29, 1.82) is 0 Å². The number of rotatable bonds is 5. The van der Waals surface area contributed by atoms with Gasteiger partial charge in [-0.05, 0) is 30.3 Å². The SMILES string of the molecule is COc1ccc(NC(=O)c2cccc(N(C)C)c2)c([N+](=O)[O-])c1. The normalized spacial score (nSPS) is 10.0. The quantitative estimate of drug-likeness (QED) is 0.677. The summed E-state index contributed by atoms with van der Waals surface area (Å²) in [4.78, 5) is 24.8. The van der Waals surface area contributed by atoms with Crippen LogP contribution in [0, 0.1) is 10.1 Å². The smallest absolute Gasteiger partial charge is 0.296 e. The number of hydrogen-bond acceptors (Lipinski definition) is 5. The zero-order chi connectivity index (χ0) is 17.0. The molecule has 0 heterocycles. The van der Waals surface area contributed by atoms with Crippen LogP contribution >= 0.6 is 0 Å². The Morgan fingerprint density at radius 3 is 2.57 bits per heavy atom. The van der Waals surface area contributed by atoms with Crippen LogP contribution in [0.25, 0.3) is 0 Å². The molecule has 0 unspecified atom stereocenters. The van der Waals surface area contributed by atoms with Crippen molar-refractivity contribution in [3.05, 3.63) is 58.1 Å². The first-order chi connectivity index (χ1) is 10.9. The fraction of sp³-hybridized carbons (Fsp3) is 0.188. The topological polar surface area (TPSA) is 84.7 Å². The summed E-state index contributed by atoms with van der Waals surface area (Å²) in [7, 11) is 5.15. The maximum Gasteiger partial charge on any atom is 0.296 e. The zero-order valence-electron chi connectivity index (χ0n) is 13.1. The minimum absolute atomic E-state index is 0.121. The Labute approximate surface area is 133 Å². The van der Waals surface area contributed by atoms with Crippen molar-refractivity contribution in [1.82, 2.24) is 0 Å². The standard InChI is InChI=1S/C16H17N3O4/c1-18(2)12-6-4-5-11(9-12)16(20)17-14-8-7-13(23-3)10-15(14)19(21)22/h4-10H,1-3H3,(H,17,20). The first-order valence-electron chi connectivity index (χ1n) is 6.83. The average molecular weight is 315 g/mol. The van der Waals surface area contributed by atoms with Gasteiger partial charge in [-0.2, -0.15) is 0 Å². The fourth-order valence-corrected chi connectivity index (χ4v) is 2.01. The number of methoxy groups -OCH3 is 1. The molecule has 0 aliphatic rings. The molecule has 2 aromatic carbocycles. The van der Waals surface area contributed by atoms with Gasteiger partial charge in [-0.1, -0.05) is 6.07 Å². The molecule has 23 heavy (non-hydrogen) atoms. The molecule has 1 N–H and O–H groups in total. The number of ether oxygens (including phenoxy) is 1. The van der Waals surface area contributed by atoms with Crippen molar-refractivity contribution in [2.45, 2.75) is 0 Å². The van der Waals surface area contributed by atoms with Crippen LogP contribution in [-0.4, -0.2) is 32.0 Å². The number of carbonyl (C=O) groups excluding carboxylic acids is 1. The fourth-order valence-electron chi connectivity index (χ4n) is 2.01. The molecular weight excluding hydrogens is 298 g/mol. The molecule has 0 aromatic heterocycles. The number of carbonyl (C=O) groups is 1. The Morgan fingerprint density at radius 1 is 1.22 bits per heavy atom. The average Bonchev–Trinajstić information content (AvgIpc) is 2.55. The van der Waals surface area contributed by atoms with Gasteiger partial charge in [0.15, 0.2) is 0 Å². The summed E-state index contributed by atoms with van der Waals surface area (Å²) in [5, 5.41) is 13.7. The van der Waals surface area contributed by atoms with E-state index in [4.69, 9.17) is 4.74 Å². The van der Waals surface area contributed by atoms with E-state index in [1.165, 1.54) is 19.2 Å². The molecule has 0 saturated heterocycles. The molecule has 0 aliphatic heterocycles. The van der Waals surface area contributed by atoms with Gasteiger partial charge in [-0.3, -0.25) is 14.9 Å². The third-order valence-corrected chi connectivity index (χ3v) is 3.27. The highest BCUT2D eigenvalue weighted by Crippen LogP contribution is 2.29. The van der Waals surface area contributed by atoms with Gasteiger partial charge in [0.2, 0.25) is 0 Å². The van der Waals surface area contributed by atoms with Gasteiger partial charge in [0.25, 0.3) is 11.6 Å². The molecule has 2 aromatic rings. The van der Waals surface area contributed by atoms with E-state index in [-0.39, 0.29) is 11.4 Å². The van der Waals surface area contributed by atoms with Crippen LogP contribution in [0.1, 0.15) is 10.4 Å². The van der Waals surface area contributed by atoms with Gasteiger partial charge in [-0.25, -0.2) is 0 Å². The highest BCUT2D eigenvalue weighted by molar-refractivity contribution is 6.06. The number of anilines is 2. The minimum Gasteiger partial charge on any atom is -0.496 e. The lowest BCUT2D eigenvalue weighted by Gasteiger charge is -2.13. The number of nitrogens with one attached hydrogen (secondary N) is 1. The van der Waals surface area contributed by atoms with Crippen LogP contribution in [0.5, 0.6) is 5.75 Å². The summed E-state index contributed by atoms with van der Waals surface area (Å²) >= 11 is 0. The Bertz CT molecular complexity index is 744. The van der Waals surface area contributed by atoms with E-state index in [1.54, 1.807) is 24.3 Å². The Kier molecular flexibility index (Phi) is 4.80. The van der Waals surface area contributed by atoms with Crippen molar-refractivity contribution < 1.29 is 14.5 Å². The maximum absolute atomic E-state index is 12.3. The van der Waals surface area contributed by atoms with Crippen molar-refractivity contribution in [2.75, 3.05) is 31.4 Å². The molecule has 2 rings (SSSR count). The van der Waals surface area contributed by atoms with Gasteiger partial charge in [0, 0.05) is 25.3 Å². The number of nitro benzene ring substituents is 1. The summed E-state index contributed by atoms with van der Waals surface area (Å²) < 4.78 is 4.97. The van der Waals surface area contributed by atoms with E-state index in [9.17, 15) is 14.9 Å². The van der Waals surface area contributed by atoms with E-state index in [2.05, 4.69) is 5.32 Å². The zero-order valence-corrected chi connectivity index (χ0v) is 13.1. The molecule has 0 radical (unpaired) electrons. The molecule has 1 amide bonds. The van der Waals surface area contributed by atoms with E-state index in [0.29, 0.717) is 11.3 Å². The third-order valence-electron chi connectivity index (χ3n) is 3.27. The van der Waals surface area contributed by atoms with Gasteiger partial charge in [-0.15, -0.1) is 0 Å². The number of nitro groups is 1. The lowest BCUT2D eigenvalue weighted by Crippen LogP contribution is -2.15. The summed E-state index contributed by atoms with van der Waals surface area (Å²) in [6, 6.07) is 11.3. The highest BCUT2D eigenvalue weighted by Gasteiger charge is 2.18. The van der Waals surface area contributed by atoms with Crippen LogP contribution in [0.15, 0.2) is 42.5 Å². The summed E-state index contributed by atoms with van der Waals surface area (Å²) in [6.07, 6.45) is 0. The van der Waals surface area contributed by atoms with Crippen molar-refractivity contribution >= 4 is 23.0 Å². The second-order valence-electron chi connectivity index (χ2n) is 5.04. The van der Waals surface area contributed by atoms with Crippen molar-refractivity contribution in [3.63, 3.8) is 0 Å². The predicted molar refractivity (Wildman–Crippen MR) is 88.4 cm³/mol. The molecule has 0 atom stereocenters. The van der Waals surface area contributed by atoms with Gasteiger partial charge < -0.3 is 15.0 Å². The summed E-state index contributed by atoms with van der Waals surface area (Å²) in [5.41, 5.74) is 1.18. The first kappa shape index (κ1) is 16.3. The molecule has 0 spiro atoms. The van der Waals surface area contributed by atoms with E-state index < -0.39 is 10.8 Å². The molecular formula is C16H17N3O4. The number of hydrogen-bond donors (Lipinski definition) is 1. The minimum atomic E-state index is -0.561. The lowest BCUT2D eigenvalue weighted by molar-refractivity contribution is -0.384. The number of amides is 1. The predicted octanol–water partition coefficient (Wildman–Crippen LogP) is 2.92. The number of benzene rings is 2. The maximum atomic E-state index is 12.3. The van der Waals surface area contributed by atoms with Gasteiger partial charge >= 0.3 is 0 Å². The molecule has 0 bridgehead atoms. The van der Waals surface area contributed by atoms with E-state index >= 15 is 0 Å². The van der Waals surface area contributed by atoms with Crippen LogP contribution in [-0.2, 0) is 0 Å². The van der Waals surface area contributed by atoms with Gasteiger partial charge in [0.1, 0.15) is 11.4 Å². The lowest BCUT2D eigenvalue weighted by atomic mass is 10.1.